The smallest absolute Gasteiger partial charge is 0.251 e. The highest BCUT2D eigenvalue weighted by Gasteiger charge is 2.24. The maximum atomic E-state index is 12.8. The second-order valence-corrected chi connectivity index (χ2v) is 8.87. The van der Waals surface area contributed by atoms with Crippen LogP contribution in [-0.2, 0) is 4.79 Å². The molecule has 0 aliphatic carbocycles. The molecule has 3 heterocycles. The Balaban J connectivity index is 1.63. The minimum absolute atomic E-state index is 0.265. The van der Waals surface area contributed by atoms with Crippen LogP contribution in [0.2, 0.25) is 0 Å². The molecule has 1 unspecified atom stereocenters. The number of aryl methyl sites for hydroxylation is 1. The van der Waals surface area contributed by atoms with E-state index in [4.69, 9.17) is 10.2 Å². The van der Waals surface area contributed by atoms with E-state index in [0.29, 0.717) is 21.5 Å². The van der Waals surface area contributed by atoms with E-state index >= 15 is 0 Å². The number of hydrogen-bond donors (Lipinski definition) is 2. The van der Waals surface area contributed by atoms with Crippen molar-refractivity contribution >= 4 is 39.9 Å². The van der Waals surface area contributed by atoms with Gasteiger partial charge in [-0.2, -0.15) is 0 Å². The zero-order chi connectivity index (χ0) is 22.0. The molecule has 10 heteroatoms. The molecule has 158 valence electrons. The lowest BCUT2D eigenvalue weighted by Gasteiger charge is -2.13. The lowest BCUT2D eigenvalue weighted by atomic mass is 10.2. The Hall–Kier alpha value is -3.37. The van der Waals surface area contributed by atoms with E-state index in [1.165, 1.54) is 23.1 Å². The molecule has 3 N–H and O–H groups in total. The quantitative estimate of drug-likeness (QED) is 0.407. The van der Waals surface area contributed by atoms with Crippen LogP contribution in [0.3, 0.4) is 0 Å². The second kappa shape index (κ2) is 8.78. The summed E-state index contributed by atoms with van der Waals surface area (Å²) in [5, 5.41) is 13.7. The Kier molecular flexibility index (Phi) is 5.92. The molecule has 0 fully saturated rings. The molecule has 4 aromatic rings. The van der Waals surface area contributed by atoms with Crippen LogP contribution in [0.15, 0.2) is 63.7 Å². The molecule has 0 bridgehead atoms. The van der Waals surface area contributed by atoms with Crippen molar-refractivity contribution in [3.8, 4) is 17.1 Å². The molecule has 4 rings (SSSR count). The number of nitrogens with two attached hydrogens (primary N) is 1. The molecule has 0 aliphatic heterocycles. The van der Waals surface area contributed by atoms with Crippen LogP contribution in [0.25, 0.3) is 17.1 Å². The predicted octanol–water partition coefficient (Wildman–Crippen LogP) is 4.12. The average molecular weight is 454 g/mol. The number of aromatic nitrogens is 3. The van der Waals surface area contributed by atoms with Gasteiger partial charge in [0.1, 0.15) is 10.8 Å². The van der Waals surface area contributed by atoms with Gasteiger partial charge < -0.3 is 15.5 Å². The van der Waals surface area contributed by atoms with E-state index < -0.39 is 11.2 Å². The standard InChI is InChI=1S/C21H19N5O3S2/c1-12-15(8-10-29-12)18-24-25-21(26(18)14-6-4-3-5-7-14)31-13(2)19(28)23-20-16(17(22)27)9-11-30-20/h3-11,13H,1-2H3,(H2,22,27)(H,23,28). The molecule has 0 radical (unpaired) electrons. The Morgan fingerprint density at radius 1 is 1.19 bits per heavy atom. The highest BCUT2D eigenvalue weighted by molar-refractivity contribution is 8.00. The minimum Gasteiger partial charge on any atom is -0.469 e. The summed E-state index contributed by atoms with van der Waals surface area (Å²) in [6, 6.07) is 13.1. The Bertz CT molecular complexity index is 1230. The number of anilines is 1. The number of rotatable bonds is 7. The number of amides is 2. The number of furan rings is 1. The number of primary amides is 1. The Labute approximate surface area is 186 Å². The van der Waals surface area contributed by atoms with Crippen molar-refractivity contribution in [3.63, 3.8) is 0 Å². The van der Waals surface area contributed by atoms with Crippen molar-refractivity contribution in [2.24, 2.45) is 5.73 Å². The summed E-state index contributed by atoms with van der Waals surface area (Å²) in [5.74, 6) is 0.504. The van der Waals surface area contributed by atoms with Crippen molar-refractivity contribution < 1.29 is 14.0 Å². The maximum absolute atomic E-state index is 12.8. The summed E-state index contributed by atoms with van der Waals surface area (Å²) in [6.07, 6.45) is 1.61. The molecular weight excluding hydrogens is 434 g/mol. The summed E-state index contributed by atoms with van der Waals surface area (Å²) < 4.78 is 7.33. The minimum atomic E-state index is -0.583. The highest BCUT2D eigenvalue weighted by atomic mass is 32.2. The lowest BCUT2D eigenvalue weighted by molar-refractivity contribution is -0.115. The molecule has 1 aromatic carbocycles. The van der Waals surface area contributed by atoms with E-state index in [1.54, 1.807) is 24.6 Å². The fraction of sp³-hybridized carbons (Fsp3) is 0.143. The van der Waals surface area contributed by atoms with E-state index in [-0.39, 0.29) is 5.91 Å². The molecular formula is C21H19N5O3S2. The number of carbonyl (C=O) groups is 2. The van der Waals surface area contributed by atoms with E-state index in [0.717, 1.165) is 17.0 Å². The summed E-state index contributed by atoms with van der Waals surface area (Å²) in [7, 11) is 0. The first-order valence-electron chi connectivity index (χ1n) is 9.36. The Morgan fingerprint density at radius 2 is 1.97 bits per heavy atom. The van der Waals surface area contributed by atoms with Gasteiger partial charge in [0.05, 0.1) is 22.6 Å². The number of nitrogens with one attached hydrogen (secondary N) is 1. The fourth-order valence-corrected chi connectivity index (χ4v) is 4.64. The number of carbonyl (C=O) groups excluding carboxylic acids is 2. The first kappa shape index (κ1) is 20.9. The number of para-hydroxylation sites is 1. The van der Waals surface area contributed by atoms with E-state index in [2.05, 4.69) is 15.5 Å². The van der Waals surface area contributed by atoms with Crippen molar-refractivity contribution in [3.05, 3.63) is 65.4 Å². The normalized spacial score (nSPS) is 11.9. The summed E-state index contributed by atoms with van der Waals surface area (Å²) >= 11 is 2.52. The van der Waals surface area contributed by atoms with Gasteiger partial charge in [-0.15, -0.1) is 21.5 Å². The van der Waals surface area contributed by atoms with Gasteiger partial charge in [0.2, 0.25) is 5.91 Å². The van der Waals surface area contributed by atoms with Crippen LogP contribution in [-0.4, -0.2) is 31.8 Å². The van der Waals surface area contributed by atoms with Crippen LogP contribution >= 0.6 is 23.1 Å². The van der Waals surface area contributed by atoms with Crippen LogP contribution in [0, 0.1) is 6.92 Å². The van der Waals surface area contributed by atoms with E-state index in [1.807, 2.05) is 47.9 Å². The number of hydrogen-bond acceptors (Lipinski definition) is 7. The third-order valence-electron chi connectivity index (χ3n) is 4.57. The predicted molar refractivity (Wildman–Crippen MR) is 121 cm³/mol. The van der Waals surface area contributed by atoms with Crippen molar-refractivity contribution in [1.29, 1.82) is 0 Å². The van der Waals surface area contributed by atoms with Crippen molar-refractivity contribution in [1.82, 2.24) is 14.8 Å². The van der Waals surface area contributed by atoms with Crippen molar-refractivity contribution in [2.75, 3.05) is 5.32 Å². The number of thioether (sulfide) groups is 1. The molecule has 0 aliphatic rings. The molecule has 0 saturated carbocycles. The first-order chi connectivity index (χ1) is 15.0. The maximum Gasteiger partial charge on any atom is 0.251 e. The Morgan fingerprint density at radius 3 is 2.65 bits per heavy atom. The van der Waals surface area contributed by atoms with Gasteiger partial charge in [0, 0.05) is 5.69 Å². The van der Waals surface area contributed by atoms with E-state index in [9.17, 15) is 9.59 Å². The van der Waals surface area contributed by atoms with Gasteiger partial charge in [0.25, 0.3) is 5.91 Å². The molecule has 2 amide bonds. The lowest BCUT2D eigenvalue weighted by Crippen LogP contribution is -2.24. The first-order valence-corrected chi connectivity index (χ1v) is 11.1. The van der Waals surface area contributed by atoms with Crippen LogP contribution in [0.5, 0.6) is 0 Å². The van der Waals surface area contributed by atoms with Gasteiger partial charge >= 0.3 is 0 Å². The second-order valence-electron chi connectivity index (χ2n) is 6.64. The number of benzene rings is 1. The summed E-state index contributed by atoms with van der Waals surface area (Å²) in [6.45, 7) is 3.63. The zero-order valence-electron chi connectivity index (χ0n) is 16.7. The van der Waals surface area contributed by atoms with Gasteiger partial charge in [0.15, 0.2) is 11.0 Å². The van der Waals surface area contributed by atoms with Gasteiger partial charge in [-0.3, -0.25) is 14.2 Å². The monoisotopic (exact) mass is 453 g/mol. The molecule has 0 saturated heterocycles. The SMILES string of the molecule is Cc1occc1-c1nnc(SC(C)C(=O)Nc2sccc2C(N)=O)n1-c1ccccc1. The molecule has 31 heavy (non-hydrogen) atoms. The topological polar surface area (TPSA) is 116 Å². The summed E-state index contributed by atoms with van der Waals surface area (Å²) in [5.41, 5.74) is 7.35. The van der Waals surface area contributed by atoms with Gasteiger partial charge in [-0.1, -0.05) is 30.0 Å². The molecule has 0 spiro atoms. The average Bonchev–Trinajstić information content (AvgIpc) is 3.48. The van der Waals surface area contributed by atoms with Crippen LogP contribution in [0.1, 0.15) is 23.0 Å². The largest absolute Gasteiger partial charge is 0.469 e. The molecule has 1 atom stereocenters. The highest BCUT2D eigenvalue weighted by Crippen LogP contribution is 2.32. The van der Waals surface area contributed by atoms with Crippen LogP contribution < -0.4 is 11.1 Å². The number of thiophene rings is 1. The third-order valence-corrected chi connectivity index (χ3v) is 6.44. The van der Waals surface area contributed by atoms with Gasteiger partial charge in [-0.25, -0.2) is 0 Å². The zero-order valence-corrected chi connectivity index (χ0v) is 18.4. The van der Waals surface area contributed by atoms with Crippen LogP contribution in [0.4, 0.5) is 5.00 Å². The molecule has 3 aromatic heterocycles. The molecule has 8 nitrogen and oxygen atoms in total. The summed E-state index contributed by atoms with van der Waals surface area (Å²) in [4.78, 5) is 24.3. The van der Waals surface area contributed by atoms with Crippen molar-refractivity contribution in [2.45, 2.75) is 24.3 Å². The number of nitrogens with zero attached hydrogens (tertiary/aromatic N) is 3. The third kappa shape index (κ3) is 4.25. The fourth-order valence-electron chi connectivity index (χ4n) is 2.97. The van der Waals surface area contributed by atoms with Gasteiger partial charge in [-0.05, 0) is 43.5 Å².